The number of hydrogen-bond donors (Lipinski definition) is 1. The predicted molar refractivity (Wildman–Crippen MR) is 95.9 cm³/mol. The summed E-state index contributed by atoms with van der Waals surface area (Å²) in [7, 11) is 0. The molecule has 3 aromatic heterocycles. The summed E-state index contributed by atoms with van der Waals surface area (Å²) in [5.74, 6) is -2.26. The first kappa shape index (κ1) is 16.6. The number of fused-ring (bicyclic) bond motifs is 1. The van der Waals surface area contributed by atoms with Crippen molar-refractivity contribution in [2.75, 3.05) is 5.73 Å². The van der Waals surface area contributed by atoms with Gasteiger partial charge in [-0.15, -0.1) is 0 Å². The Hall–Kier alpha value is -2.83. The first-order valence-electron chi connectivity index (χ1n) is 8.45. The lowest BCUT2D eigenvalue weighted by Gasteiger charge is -2.34. The lowest BCUT2D eigenvalue weighted by atomic mass is 9.78. The largest absolute Gasteiger partial charge is 0.368 e. The van der Waals surface area contributed by atoms with Crippen molar-refractivity contribution in [2.45, 2.75) is 32.1 Å². The Kier molecular flexibility index (Phi) is 3.75. The lowest BCUT2D eigenvalue weighted by molar-refractivity contribution is -0.109. The monoisotopic (exact) mass is 355 g/mol. The van der Waals surface area contributed by atoms with Gasteiger partial charge in [0, 0.05) is 30.8 Å². The highest BCUT2D eigenvalue weighted by Crippen LogP contribution is 2.44. The second-order valence-electron chi connectivity index (χ2n) is 6.96. The molecule has 0 unspecified atom stereocenters. The van der Waals surface area contributed by atoms with Gasteiger partial charge in [0.15, 0.2) is 0 Å². The summed E-state index contributed by atoms with van der Waals surface area (Å²) in [4.78, 5) is 8.22. The van der Waals surface area contributed by atoms with Gasteiger partial charge in [0.2, 0.25) is 11.9 Å². The molecule has 0 radical (unpaired) electrons. The normalized spacial score (nSPS) is 16.6. The molecule has 0 spiro atoms. The van der Waals surface area contributed by atoms with E-state index in [1.165, 1.54) is 0 Å². The maximum Gasteiger partial charge on any atom is 0.248 e. The van der Waals surface area contributed by atoms with E-state index in [1.54, 1.807) is 16.9 Å². The minimum Gasteiger partial charge on any atom is -0.368 e. The van der Waals surface area contributed by atoms with Crippen LogP contribution in [0.15, 0.2) is 37.3 Å². The maximum absolute atomic E-state index is 13.1. The molecular weight excluding hydrogens is 336 g/mol. The second kappa shape index (κ2) is 5.86. The highest BCUT2D eigenvalue weighted by atomic mass is 19.3. The van der Waals surface area contributed by atoms with Gasteiger partial charge in [0.1, 0.15) is 0 Å². The smallest absolute Gasteiger partial charge is 0.248 e. The van der Waals surface area contributed by atoms with Gasteiger partial charge >= 0.3 is 0 Å². The maximum atomic E-state index is 13.1. The minimum atomic E-state index is -2.50. The van der Waals surface area contributed by atoms with Gasteiger partial charge in [-0.2, -0.15) is 5.10 Å². The van der Waals surface area contributed by atoms with Crippen LogP contribution in [0.1, 0.15) is 35.2 Å². The fourth-order valence-corrected chi connectivity index (χ4v) is 3.55. The molecule has 1 saturated carbocycles. The van der Waals surface area contributed by atoms with Crippen LogP contribution in [0.2, 0.25) is 0 Å². The molecular formula is C19H19F2N5. The van der Waals surface area contributed by atoms with E-state index in [0.717, 1.165) is 33.5 Å². The molecule has 4 rings (SSSR count). The van der Waals surface area contributed by atoms with Crippen molar-refractivity contribution >= 4 is 17.0 Å². The molecule has 0 bridgehead atoms. The Morgan fingerprint density at radius 1 is 1.38 bits per heavy atom. The van der Waals surface area contributed by atoms with Crippen LogP contribution in [0.5, 0.6) is 0 Å². The lowest BCUT2D eigenvalue weighted by Crippen LogP contribution is -2.36. The van der Waals surface area contributed by atoms with Gasteiger partial charge in [-0.3, -0.25) is 0 Å². The Bertz CT molecular complexity index is 1000. The van der Waals surface area contributed by atoms with E-state index in [2.05, 4.69) is 21.6 Å². The van der Waals surface area contributed by atoms with Gasteiger partial charge in [-0.05, 0) is 48.1 Å². The average Bonchev–Trinajstić information content (AvgIpc) is 2.95. The zero-order valence-electron chi connectivity index (χ0n) is 14.4. The molecule has 0 atom stereocenters. The number of aryl methyl sites for hydroxylation is 1. The minimum absolute atomic E-state index is 0.0117. The molecule has 0 saturated heterocycles. The fourth-order valence-electron chi connectivity index (χ4n) is 3.55. The van der Waals surface area contributed by atoms with Crippen molar-refractivity contribution in [1.82, 2.24) is 19.6 Å². The summed E-state index contributed by atoms with van der Waals surface area (Å²) in [6, 6.07) is 3.90. The van der Waals surface area contributed by atoms with Gasteiger partial charge in [0.05, 0.1) is 17.4 Å². The molecule has 1 aliphatic rings. The number of rotatable bonds is 4. The molecule has 1 fully saturated rings. The van der Waals surface area contributed by atoms with Crippen LogP contribution in [0, 0.1) is 12.8 Å². The zero-order valence-corrected chi connectivity index (χ0v) is 14.4. The summed E-state index contributed by atoms with van der Waals surface area (Å²) in [5.41, 5.74) is 10.8. The molecule has 3 aromatic rings. The van der Waals surface area contributed by atoms with Crippen molar-refractivity contribution in [1.29, 1.82) is 0 Å². The highest BCUT2D eigenvalue weighted by Gasteiger charge is 2.45. The van der Waals surface area contributed by atoms with Gasteiger partial charge in [0.25, 0.3) is 0 Å². The number of nitrogens with zero attached hydrogens (tertiary/aromatic N) is 4. The van der Waals surface area contributed by atoms with Crippen LogP contribution in [0.3, 0.4) is 0 Å². The topological polar surface area (TPSA) is 69.1 Å². The number of nitrogen functional groups attached to an aromatic ring is 1. The summed E-state index contributed by atoms with van der Waals surface area (Å²) in [5, 5.41) is 4.33. The number of nitrogens with two attached hydrogens (primary N) is 1. The van der Waals surface area contributed by atoms with Crippen molar-refractivity contribution < 1.29 is 8.78 Å². The second-order valence-corrected chi connectivity index (χ2v) is 6.96. The van der Waals surface area contributed by atoms with Crippen molar-refractivity contribution in [3.63, 3.8) is 0 Å². The highest BCUT2D eigenvalue weighted by molar-refractivity contribution is 5.81. The van der Waals surface area contributed by atoms with E-state index >= 15 is 0 Å². The van der Waals surface area contributed by atoms with E-state index in [0.29, 0.717) is 6.42 Å². The fraction of sp³-hybridized carbons (Fsp3) is 0.316. The van der Waals surface area contributed by atoms with Crippen LogP contribution < -0.4 is 5.73 Å². The first-order chi connectivity index (χ1) is 12.3. The van der Waals surface area contributed by atoms with E-state index in [4.69, 9.17) is 5.73 Å². The first-order valence-corrected chi connectivity index (χ1v) is 8.45. The molecule has 1 aliphatic carbocycles. The molecule has 2 N–H and O–H groups in total. The number of aromatic nitrogens is 4. The molecule has 0 aromatic carbocycles. The standard InChI is InChI=1S/C19H19F2N5/c1-11(16-10-23-18(22)25-12(16)2)14-3-4-26-17(6-14)15(9-24-26)5-13-7-19(20,21)8-13/h3-4,6,9-10,13H,1,5,7-8H2,2H3,(H2,22,23,25). The summed E-state index contributed by atoms with van der Waals surface area (Å²) in [6.07, 6.45) is 5.80. The van der Waals surface area contributed by atoms with Crippen LogP contribution >= 0.6 is 0 Å². The number of halogens is 2. The quantitative estimate of drug-likeness (QED) is 0.775. The molecule has 0 aliphatic heterocycles. The van der Waals surface area contributed by atoms with Crippen LogP contribution in [-0.4, -0.2) is 25.5 Å². The third-order valence-corrected chi connectivity index (χ3v) is 4.96. The van der Waals surface area contributed by atoms with E-state index < -0.39 is 5.92 Å². The van der Waals surface area contributed by atoms with Gasteiger partial charge in [-0.25, -0.2) is 23.3 Å². The number of anilines is 1. The number of pyridine rings is 1. The van der Waals surface area contributed by atoms with E-state index in [-0.39, 0.29) is 24.7 Å². The van der Waals surface area contributed by atoms with E-state index in [1.807, 2.05) is 25.3 Å². The SMILES string of the molecule is C=C(c1ccn2ncc(CC3CC(F)(F)C3)c2c1)c1cnc(N)nc1C. The van der Waals surface area contributed by atoms with Crippen LogP contribution in [0.4, 0.5) is 14.7 Å². The third kappa shape index (κ3) is 2.94. The summed E-state index contributed by atoms with van der Waals surface area (Å²) >= 11 is 0. The number of alkyl halides is 2. The van der Waals surface area contributed by atoms with Gasteiger partial charge in [-0.1, -0.05) is 6.58 Å². The molecule has 7 heteroatoms. The Morgan fingerprint density at radius 3 is 2.85 bits per heavy atom. The predicted octanol–water partition coefficient (Wildman–Crippen LogP) is 3.66. The molecule has 26 heavy (non-hydrogen) atoms. The molecule has 0 amide bonds. The Morgan fingerprint density at radius 2 is 2.15 bits per heavy atom. The zero-order chi connectivity index (χ0) is 18.5. The average molecular weight is 355 g/mol. The summed E-state index contributed by atoms with van der Waals surface area (Å²) in [6.45, 7) is 6.02. The van der Waals surface area contributed by atoms with Crippen LogP contribution in [-0.2, 0) is 6.42 Å². The van der Waals surface area contributed by atoms with Crippen molar-refractivity contribution in [3.8, 4) is 0 Å². The summed E-state index contributed by atoms with van der Waals surface area (Å²) < 4.78 is 28.0. The Labute approximate surface area is 149 Å². The number of hydrogen-bond acceptors (Lipinski definition) is 4. The van der Waals surface area contributed by atoms with E-state index in [9.17, 15) is 8.78 Å². The Balaban J connectivity index is 1.64. The van der Waals surface area contributed by atoms with Gasteiger partial charge < -0.3 is 5.73 Å². The van der Waals surface area contributed by atoms with Crippen LogP contribution in [0.25, 0.3) is 11.1 Å². The van der Waals surface area contributed by atoms with Crippen molar-refractivity contribution in [3.05, 3.63) is 59.7 Å². The molecule has 5 nitrogen and oxygen atoms in total. The molecule has 134 valence electrons. The van der Waals surface area contributed by atoms with Crippen molar-refractivity contribution in [2.24, 2.45) is 5.92 Å². The molecule has 3 heterocycles. The third-order valence-electron chi connectivity index (χ3n) is 4.96.